The van der Waals surface area contributed by atoms with Crippen molar-refractivity contribution >= 4 is 11.7 Å². The molecule has 1 aromatic heterocycles. The topological polar surface area (TPSA) is 55.2 Å². The van der Waals surface area contributed by atoms with Crippen LogP contribution in [-0.2, 0) is 23.1 Å². The number of amides is 1. The van der Waals surface area contributed by atoms with E-state index in [0.717, 1.165) is 5.82 Å². The summed E-state index contributed by atoms with van der Waals surface area (Å²) in [6.07, 6.45) is 3.89. The second kappa shape index (κ2) is 8.11. The van der Waals surface area contributed by atoms with Gasteiger partial charge in [-0.05, 0) is 18.8 Å². The Balaban J connectivity index is 2.93. The van der Waals surface area contributed by atoms with E-state index < -0.39 is 5.92 Å². The summed E-state index contributed by atoms with van der Waals surface area (Å²) in [6, 6.07) is 0. The molecule has 0 aliphatic carbocycles. The fraction of sp³-hybridized carbons (Fsp3) is 0.706. The van der Waals surface area contributed by atoms with E-state index in [-0.39, 0.29) is 11.7 Å². The van der Waals surface area contributed by atoms with Gasteiger partial charge in [0.2, 0.25) is 5.91 Å². The van der Waals surface area contributed by atoms with Crippen LogP contribution >= 0.6 is 0 Å². The van der Waals surface area contributed by atoms with Gasteiger partial charge in [0.15, 0.2) is 0 Å². The molecule has 22 heavy (non-hydrogen) atoms. The minimum absolute atomic E-state index is 0.0714. The first-order chi connectivity index (χ1) is 10.2. The van der Waals surface area contributed by atoms with Gasteiger partial charge in [-0.25, -0.2) is 4.98 Å². The van der Waals surface area contributed by atoms with Crippen LogP contribution in [0.2, 0.25) is 0 Å². The van der Waals surface area contributed by atoms with Gasteiger partial charge in [0.05, 0.1) is 0 Å². The molecule has 1 rings (SSSR count). The fourth-order valence-electron chi connectivity index (χ4n) is 2.54. The second-order valence-corrected chi connectivity index (χ2v) is 6.85. The van der Waals surface area contributed by atoms with Crippen molar-refractivity contribution in [2.75, 3.05) is 13.1 Å². The summed E-state index contributed by atoms with van der Waals surface area (Å²) in [5, 5.41) is 0. The fourth-order valence-corrected chi connectivity index (χ4v) is 2.54. The van der Waals surface area contributed by atoms with Crippen molar-refractivity contribution in [1.82, 2.24) is 14.5 Å². The van der Waals surface area contributed by atoms with E-state index in [9.17, 15) is 9.59 Å². The summed E-state index contributed by atoms with van der Waals surface area (Å²) in [5.41, 5.74) is 0. The van der Waals surface area contributed by atoms with Crippen LogP contribution in [0.5, 0.6) is 0 Å². The lowest BCUT2D eigenvalue weighted by Crippen LogP contribution is -2.43. The average molecular weight is 307 g/mol. The third-order valence-corrected chi connectivity index (χ3v) is 3.58. The summed E-state index contributed by atoms with van der Waals surface area (Å²) >= 11 is 0. The molecule has 0 aromatic carbocycles. The van der Waals surface area contributed by atoms with Gasteiger partial charge < -0.3 is 9.47 Å². The molecule has 0 bridgehead atoms. The van der Waals surface area contributed by atoms with Crippen molar-refractivity contribution < 1.29 is 9.59 Å². The van der Waals surface area contributed by atoms with Crippen LogP contribution in [-0.4, -0.2) is 39.2 Å². The lowest BCUT2D eigenvalue weighted by molar-refractivity contribution is -0.141. The Labute approximate surface area is 133 Å². The maximum atomic E-state index is 12.9. The molecule has 5 nitrogen and oxygen atoms in total. The third-order valence-electron chi connectivity index (χ3n) is 3.58. The number of ketones is 1. The van der Waals surface area contributed by atoms with E-state index in [1.807, 2.05) is 22.7 Å². The first kappa shape index (κ1) is 18.4. The average Bonchev–Trinajstić information content (AvgIpc) is 2.78. The molecule has 1 aromatic rings. The van der Waals surface area contributed by atoms with Gasteiger partial charge in [-0.15, -0.1) is 0 Å². The number of nitrogens with zero attached hydrogens (tertiary/aromatic N) is 3. The molecule has 5 heteroatoms. The van der Waals surface area contributed by atoms with Gasteiger partial charge in [0.1, 0.15) is 17.5 Å². The summed E-state index contributed by atoms with van der Waals surface area (Å²) in [4.78, 5) is 31.0. The first-order valence-electron chi connectivity index (χ1n) is 7.97. The van der Waals surface area contributed by atoms with Gasteiger partial charge in [-0.2, -0.15) is 0 Å². The number of hydrogen-bond donors (Lipinski definition) is 0. The SMILES string of the molecule is CC(=O)C(Cc1nccn1C)C(=O)N(CC(C)C)CC(C)C. The molecule has 1 unspecified atom stereocenters. The number of rotatable bonds is 8. The summed E-state index contributed by atoms with van der Waals surface area (Å²) < 4.78 is 1.86. The van der Waals surface area contributed by atoms with Gasteiger partial charge in [0, 0.05) is 39.0 Å². The Hall–Kier alpha value is -1.65. The van der Waals surface area contributed by atoms with E-state index >= 15 is 0 Å². The number of aromatic nitrogens is 2. The van der Waals surface area contributed by atoms with Crippen LogP contribution in [0.1, 0.15) is 40.4 Å². The van der Waals surface area contributed by atoms with E-state index in [1.165, 1.54) is 6.92 Å². The molecule has 1 heterocycles. The van der Waals surface area contributed by atoms with Crippen molar-refractivity contribution in [3.05, 3.63) is 18.2 Å². The Morgan fingerprint density at radius 3 is 2.09 bits per heavy atom. The molecule has 0 aliphatic heterocycles. The lowest BCUT2D eigenvalue weighted by Gasteiger charge is -2.29. The highest BCUT2D eigenvalue weighted by atomic mass is 16.2. The zero-order valence-electron chi connectivity index (χ0n) is 14.7. The Kier molecular flexibility index (Phi) is 6.78. The molecule has 0 N–H and O–H groups in total. The van der Waals surface area contributed by atoms with Crippen LogP contribution in [0, 0.1) is 17.8 Å². The van der Waals surface area contributed by atoms with E-state index in [4.69, 9.17) is 0 Å². The molecule has 0 radical (unpaired) electrons. The highest BCUT2D eigenvalue weighted by Crippen LogP contribution is 2.15. The third kappa shape index (κ3) is 5.28. The number of aryl methyl sites for hydroxylation is 1. The predicted molar refractivity (Wildman–Crippen MR) is 87.3 cm³/mol. The van der Waals surface area contributed by atoms with Crippen LogP contribution in [0.3, 0.4) is 0 Å². The largest absolute Gasteiger partial charge is 0.342 e. The molecule has 0 fully saturated rings. The lowest BCUT2D eigenvalue weighted by atomic mass is 9.97. The number of carbonyl (C=O) groups excluding carboxylic acids is 2. The zero-order valence-corrected chi connectivity index (χ0v) is 14.7. The normalized spacial score (nSPS) is 12.7. The minimum atomic E-state index is -0.640. The predicted octanol–water partition coefficient (Wildman–Crippen LogP) is 2.31. The molecule has 0 aliphatic rings. The number of carbonyl (C=O) groups is 2. The van der Waals surface area contributed by atoms with Crippen molar-refractivity contribution in [1.29, 1.82) is 0 Å². The molecule has 1 amide bonds. The van der Waals surface area contributed by atoms with E-state index in [2.05, 4.69) is 32.7 Å². The van der Waals surface area contributed by atoms with Crippen LogP contribution in [0.25, 0.3) is 0 Å². The van der Waals surface area contributed by atoms with Crippen LogP contribution in [0.15, 0.2) is 12.4 Å². The van der Waals surface area contributed by atoms with Gasteiger partial charge in [-0.3, -0.25) is 9.59 Å². The highest BCUT2D eigenvalue weighted by molar-refractivity contribution is 6.00. The van der Waals surface area contributed by atoms with Crippen LogP contribution < -0.4 is 0 Å². The second-order valence-electron chi connectivity index (χ2n) is 6.85. The molecule has 0 spiro atoms. The number of hydrogen-bond acceptors (Lipinski definition) is 3. The molecule has 0 saturated carbocycles. The Morgan fingerprint density at radius 1 is 1.18 bits per heavy atom. The molecular weight excluding hydrogens is 278 g/mol. The van der Waals surface area contributed by atoms with Gasteiger partial charge in [-0.1, -0.05) is 27.7 Å². The van der Waals surface area contributed by atoms with E-state index in [1.54, 1.807) is 6.20 Å². The maximum absolute atomic E-state index is 12.9. The van der Waals surface area contributed by atoms with E-state index in [0.29, 0.717) is 31.3 Å². The van der Waals surface area contributed by atoms with Gasteiger partial charge in [0.25, 0.3) is 0 Å². The number of imidazole rings is 1. The van der Waals surface area contributed by atoms with Crippen LogP contribution in [0.4, 0.5) is 0 Å². The summed E-state index contributed by atoms with van der Waals surface area (Å²) in [6.45, 7) is 11.2. The van der Waals surface area contributed by atoms with Gasteiger partial charge >= 0.3 is 0 Å². The zero-order chi connectivity index (χ0) is 16.9. The number of Topliss-reactive ketones (excluding diaryl/α,β-unsaturated/α-hetero) is 1. The highest BCUT2D eigenvalue weighted by Gasteiger charge is 2.30. The first-order valence-corrected chi connectivity index (χ1v) is 7.97. The summed E-state index contributed by atoms with van der Waals surface area (Å²) in [5.74, 6) is 0.719. The standard InChI is InChI=1S/C17H29N3O2/c1-12(2)10-20(11-13(3)4)17(22)15(14(5)21)9-16-18-7-8-19(16)6/h7-8,12-13,15H,9-11H2,1-6H3. The molecule has 124 valence electrons. The Morgan fingerprint density at radius 2 is 1.73 bits per heavy atom. The molecular formula is C17H29N3O2. The van der Waals surface area contributed by atoms with Crippen molar-refractivity contribution in [2.24, 2.45) is 24.8 Å². The van der Waals surface area contributed by atoms with Crippen molar-refractivity contribution in [2.45, 2.75) is 41.0 Å². The summed E-state index contributed by atoms with van der Waals surface area (Å²) in [7, 11) is 1.88. The smallest absolute Gasteiger partial charge is 0.233 e. The molecule has 0 saturated heterocycles. The minimum Gasteiger partial charge on any atom is -0.342 e. The van der Waals surface area contributed by atoms with Crippen molar-refractivity contribution in [3.63, 3.8) is 0 Å². The molecule has 1 atom stereocenters. The Bertz CT molecular complexity index is 496. The monoisotopic (exact) mass is 307 g/mol. The quantitative estimate of drug-likeness (QED) is 0.693. The maximum Gasteiger partial charge on any atom is 0.233 e. The van der Waals surface area contributed by atoms with Crippen molar-refractivity contribution in [3.8, 4) is 0 Å².